The van der Waals surface area contributed by atoms with E-state index >= 15 is 0 Å². The zero-order chi connectivity index (χ0) is 10.6. The monoisotopic (exact) mass is 213 g/mol. The van der Waals surface area contributed by atoms with Crippen LogP contribution in [0.25, 0.3) is 0 Å². The van der Waals surface area contributed by atoms with Crippen molar-refractivity contribution in [3.63, 3.8) is 0 Å². The van der Waals surface area contributed by atoms with Crippen molar-refractivity contribution in [2.75, 3.05) is 6.54 Å². The fraction of sp³-hybridized carbons (Fsp3) is 0.556. The molecule has 1 atom stereocenters. The zero-order valence-corrected chi connectivity index (χ0v) is 9.29. The smallest absolute Gasteiger partial charge is 0.232 e. The third kappa shape index (κ3) is 3.06. The largest absolute Gasteiger partial charge is 0.355 e. The van der Waals surface area contributed by atoms with Crippen LogP contribution >= 0.6 is 12.6 Å². The molecule has 1 amide bonds. The Hall–Kier alpha value is -0.970. The predicted molar refractivity (Wildman–Crippen MR) is 58.4 cm³/mol. The van der Waals surface area contributed by atoms with E-state index in [4.69, 9.17) is 0 Å². The van der Waals surface area contributed by atoms with Gasteiger partial charge in [0, 0.05) is 32.4 Å². The van der Waals surface area contributed by atoms with Gasteiger partial charge in [-0.1, -0.05) is 0 Å². The first-order valence-electron chi connectivity index (χ1n) is 4.53. The highest BCUT2D eigenvalue weighted by atomic mass is 32.1. The molecule has 78 valence electrons. The molecule has 0 aliphatic heterocycles. The van der Waals surface area contributed by atoms with Crippen LogP contribution in [0, 0.1) is 0 Å². The second-order valence-corrected chi connectivity index (χ2v) is 3.95. The van der Waals surface area contributed by atoms with Crippen molar-refractivity contribution < 1.29 is 4.79 Å². The molecule has 14 heavy (non-hydrogen) atoms. The summed E-state index contributed by atoms with van der Waals surface area (Å²) >= 11 is 4.03. The molecule has 0 saturated heterocycles. The standard InChI is InChI=1S/C9H15N3OS/c1-7(14)9(13)11-4-3-8-10-5-6-12(8)2/h5-7,14H,3-4H2,1-2H3,(H,11,13). The summed E-state index contributed by atoms with van der Waals surface area (Å²) in [4.78, 5) is 15.3. The van der Waals surface area contributed by atoms with Crippen LogP contribution in [0.1, 0.15) is 12.7 Å². The van der Waals surface area contributed by atoms with E-state index in [1.165, 1.54) is 0 Å². The van der Waals surface area contributed by atoms with E-state index < -0.39 is 0 Å². The minimum Gasteiger partial charge on any atom is -0.355 e. The molecule has 1 aromatic heterocycles. The van der Waals surface area contributed by atoms with Crippen LogP contribution in [0.2, 0.25) is 0 Å². The van der Waals surface area contributed by atoms with Crippen molar-refractivity contribution in [2.24, 2.45) is 7.05 Å². The minimum absolute atomic E-state index is 0.0393. The number of amides is 1. The van der Waals surface area contributed by atoms with Gasteiger partial charge in [0.15, 0.2) is 0 Å². The quantitative estimate of drug-likeness (QED) is 0.711. The molecule has 5 heteroatoms. The van der Waals surface area contributed by atoms with Crippen LogP contribution in [-0.2, 0) is 18.3 Å². The van der Waals surface area contributed by atoms with Crippen molar-refractivity contribution in [1.82, 2.24) is 14.9 Å². The maximum Gasteiger partial charge on any atom is 0.232 e. The molecule has 1 unspecified atom stereocenters. The number of carbonyl (C=O) groups excluding carboxylic acids is 1. The number of imidazole rings is 1. The van der Waals surface area contributed by atoms with Gasteiger partial charge in [-0.05, 0) is 6.92 Å². The Morgan fingerprint density at radius 3 is 3.00 bits per heavy atom. The lowest BCUT2D eigenvalue weighted by Gasteiger charge is -2.06. The summed E-state index contributed by atoms with van der Waals surface area (Å²) in [7, 11) is 1.94. The Balaban J connectivity index is 2.29. The number of rotatable bonds is 4. The van der Waals surface area contributed by atoms with Crippen LogP contribution in [0.5, 0.6) is 0 Å². The first-order valence-corrected chi connectivity index (χ1v) is 5.05. The molecule has 1 aromatic rings. The third-order valence-corrected chi connectivity index (χ3v) is 2.18. The first kappa shape index (κ1) is 11.1. The molecule has 0 saturated carbocycles. The summed E-state index contributed by atoms with van der Waals surface area (Å²) in [5.74, 6) is 0.930. The average molecular weight is 213 g/mol. The molecule has 0 aliphatic rings. The Labute approximate surface area is 89.1 Å². The van der Waals surface area contributed by atoms with E-state index in [1.807, 2.05) is 17.8 Å². The highest BCUT2D eigenvalue weighted by Gasteiger charge is 2.06. The molecular formula is C9H15N3OS. The van der Waals surface area contributed by atoms with Gasteiger partial charge in [0.1, 0.15) is 5.82 Å². The molecule has 0 spiro atoms. The number of thiol groups is 1. The number of carbonyl (C=O) groups is 1. The molecule has 4 nitrogen and oxygen atoms in total. The van der Waals surface area contributed by atoms with Crippen LogP contribution in [-0.4, -0.2) is 27.3 Å². The topological polar surface area (TPSA) is 46.9 Å². The normalized spacial score (nSPS) is 12.5. The van der Waals surface area contributed by atoms with Crippen molar-refractivity contribution >= 4 is 18.5 Å². The van der Waals surface area contributed by atoms with E-state index in [9.17, 15) is 4.79 Å². The molecular weight excluding hydrogens is 198 g/mol. The molecule has 1 rings (SSSR count). The molecule has 0 radical (unpaired) electrons. The van der Waals surface area contributed by atoms with Gasteiger partial charge in [0.25, 0.3) is 0 Å². The van der Waals surface area contributed by atoms with Gasteiger partial charge in [-0.2, -0.15) is 12.6 Å². The lowest BCUT2D eigenvalue weighted by molar-refractivity contribution is -0.120. The lowest BCUT2D eigenvalue weighted by Crippen LogP contribution is -2.31. The summed E-state index contributed by atoms with van der Waals surface area (Å²) < 4.78 is 1.94. The summed E-state index contributed by atoms with van der Waals surface area (Å²) in [5, 5.41) is 2.53. The number of nitrogens with zero attached hydrogens (tertiary/aromatic N) is 2. The van der Waals surface area contributed by atoms with Crippen LogP contribution in [0.4, 0.5) is 0 Å². The van der Waals surface area contributed by atoms with Crippen molar-refractivity contribution in [3.05, 3.63) is 18.2 Å². The Morgan fingerprint density at radius 2 is 2.50 bits per heavy atom. The number of nitrogens with one attached hydrogen (secondary N) is 1. The van der Waals surface area contributed by atoms with Gasteiger partial charge in [-0.25, -0.2) is 4.98 Å². The second-order valence-electron chi connectivity index (χ2n) is 3.17. The van der Waals surface area contributed by atoms with Gasteiger partial charge in [0.05, 0.1) is 5.25 Å². The number of aromatic nitrogens is 2. The van der Waals surface area contributed by atoms with Crippen LogP contribution in [0.3, 0.4) is 0 Å². The number of hydrogen-bond acceptors (Lipinski definition) is 3. The fourth-order valence-corrected chi connectivity index (χ4v) is 1.17. The van der Waals surface area contributed by atoms with Gasteiger partial charge in [-0.15, -0.1) is 0 Å². The molecule has 1 N–H and O–H groups in total. The Kier molecular flexibility index (Phi) is 4.00. The maximum atomic E-state index is 11.1. The Morgan fingerprint density at radius 1 is 1.79 bits per heavy atom. The van der Waals surface area contributed by atoms with Crippen molar-refractivity contribution in [1.29, 1.82) is 0 Å². The van der Waals surface area contributed by atoms with E-state index in [0.29, 0.717) is 6.54 Å². The summed E-state index contributed by atoms with van der Waals surface area (Å²) in [6, 6.07) is 0. The SMILES string of the molecule is CC(S)C(=O)NCCc1nccn1C. The fourth-order valence-electron chi connectivity index (χ4n) is 1.08. The van der Waals surface area contributed by atoms with Crippen LogP contribution in [0.15, 0.2) is 12.4 Å². The van der Waals surface area contributed by atoms with Gasteiger partial charge >= 0.3 is 0 Å². The van der Waals surface area contributed by atoms with E-state index in [0.717, 1.165) is 12.2 Å². The van der Waals surface area contributed by atoms with E-state index in [-0.39, 0.29) is 11.2 Å². The predicted octanol–water partition coefficient (Wildman–Crippen LogP) is 0.397. The lowest BCUT2D eigenvalue weighted by atomic mass is 10.3. The zero-order valence-electron chi connectivity index (χ0n) is 8.40. The van der Waals surface area contributed by atoms with E-state index in [2.05, 4.69) is 22.9 Å². The van der Waals surface area contributed by atoms with E-state index in [1.54, 1.807) is 13.1 Å². The first-order chi connectivity index (χ1) is 6.61. The third-order valence-electron chi connectivity index (χ3n) is 1.95. The second kappa shape index (κ2) is 5.05. The molecule has 0 aromatic carbocycles. The molecule has 0 fully saturated rings. The molecule has 0 bridgehead atoms. The van der Waals surface area contributed by atoms with Gasteiger partial charge in [-0.3, -0.25) is 4.79 Å². The summed E-state index contributed by atoms with van der Waals surface area (Å²) in [6.45, 7) is 2.35. The van der Waals surface area contributed by atoms with Crippen molar-refractivity contribution in [2.45, 2.75) is 18.6 Å². The van der Waals surface area contributed by atoms with Gasteiger partial charge < -0.3 is 9.88 Å². The molecule has 0 aliphatic carbocycles. The van der Waals surface area contributed by atoms with Crippen LogP contribution < -0.4 is 5.32 Å². The number of hydrogen-bond donors (Lipinski definition) is 2. The summed E-state index contributed by atoms with van der Waals surface area (Å²) in [5.41, 5.74) is 0. The minimum atomic E-state index is -0.253. The maximum absolute atomic E-state index is 11.1. The number of aryl methyl sites for hydroxylation is 1. The van der Waals surface area contributed by atoms with Crippen molar-refractivity contribution in [3.8, 4) is 0 Å². The summed E-state index contributed by atoms with van der Waals surface area (Å²) in [6.07, 6.45) is 4.38. The highest BCUT2D eigenvalue weighted by Crippen LogP contribution is 1.95. The Bertz CT molecular complexity index is 309. The molecule has 1 heterocycles. The highest BCUT2D eigenvalue weighted by molar-refractivity contribution is 7.81. The van der Waals surface area contributed by atoms with Gasteiger partial charge in [0.2, 0.25) is 5.91 Å². The average Bonchev–Trinajstić information content (AvgIpc) is 2.51.